The Bertz CT molecular complexity index is 672. The quantitative estimate of drug-likeness (QED) is 0.678. The average Bonchev–Trinajstić information content (AvgIpc) is 2.41. The predicted molar refractivity (Wildman–Crippen MR) is 72.1 cm³/mol. The van der Waals surface area contributed by atoms with E-state index in [1.807, 2.05) is 0 Å². The predicted octanol–water partition coefficient (Wildman–Crippen LogP) is 3.24. The van der Waals surface area contributed by atoms with Gasteiger partial charge < -0.3 is 9.84 Å². The topological polar surface area (TPSA) is 103 Å². The molecule has 0 saturated heterocycles. The monoisotopic (exact) mass is 338 g/mol. The molecule has 7 nitrogen and oxygen atoms in total. The second-order valence-electron chi connectivity index (χ2n) is 3.66. The summed E-state index contributed by atoms with van der Waals surface area (Å²) in [4.78, 5) is 24.5. The van der Waals surface area contributed by atoms with E-state index in [0.717, 1.165) is 0 Å². The molecule has 0 aliphatic rings. The van der Waals surface area contributed by atoms with E-state index in [9.17, 15) is 14.9 Å². The molecule has 0 amide bonds. The lowest BCUT2D eigenvalue weighted by Gasteiger charge is -2.07. The molecule has 2 rings (SSSR count). The van der Waals surface area contributed by atoms with Gasteiger partial charge in [-0.3, -0.25) is 10.1 Å². The van der Waals surface area contributed by atoms with Gasteiger partial charge in [-0.15, -0.1) is 0 Å². The van der Waals surface area contributed by atoms with Crippen molar-refractivity contribution < 1.29 is 19.6 Å². The van der Waals surface area contributed by atoms with Crippen molar-refractivity contribution in [3.8, 4) is 11.5 Å². The molecule has 0 fully saturated rings. The van der Waals surface area contributed by atoms with Crippen molar-refractivity contribution in [2.24, 2.45) is 0 Å². The van der Waals surface area contributed by atoms with Gasteiger partial charge in [0.05, 0.1) is 21.7 Å². The van der Waals surface area contributed by atoms with Gasteiger partial charge in [0.15, 0.2) is 0 Å². The van der Waals surface area contributed by atoms with Gasteiger partial charge in [-0.2, -0.15) is 0 Å². The molecule has 0 unspecified atom stereocenters. The third kappa shape index (κ3) is 3.09. The highest BCUT2D eigenvalue weighted by atomic mass is 79.9. The number of non-ortho nitro benzene ring substituents is 1. The van der Waals surface area contributed by atoms with E-state index in [4.69, 9.17) is 9.84 Å². The van der Waals surface area contributed by atoms with Crippen LogP contribution < -0.4 is 4.74 Å². The van der Waals surface area contributed by atoms with Gasteiger partial charge in [0.25, 0.3) is 5.69 Å². The number of benzene rings is 1. The number of nitro groups is 1. The van der Waals surface area contributed by atoms with Crippen LogP contribution in [0.25, 0.3) is 0 Å². The first-order valence-corrected chi connectivity index (χ1v) is 6.08. The molecule has 0 bridgehead atoms. The summed E-state index contributed by atoms with van der Waals surface area (Å²) in [6.45, 7) is 0. The fraction of sp³-hybridized carbons (Fsp3) is 0. The lowest BCUT2D eigenvalue weighted by molar-refractivity contribution is -0.384. The Balaban J connectivity index is 2.27. The number of pyridine rings is 1. The Morgan fingerprint density at radius 1 is 1.35 bits per heavy atom. The number of nitro benzene ring substituents is 1. The molecule has 1 aromatic carbocycles. The first-order chi connectivity index (χ1) is 9.47. The molecular weight excluding hydrogens is 332 g/mol. The van der Waals surface area contributed by atoms with E-state index in [2.05, 4.69) is 20.9 Å². The standard InChI is InChI=1S/C12H7BrN2O5/c13-9-3-1-7(15(18)19)5-11(9)20-8-2-4-10(12(16)17)14-6-8/h1-6H,(H,16,17). The van der Waals surface area contributed by atoms with Gasteiger partial charge in [-0.1, -0.05) is 0 Å². The highest BCUT2D eigenvalue weighted by molar-refractivity contribution is 9.10. The van der Waals surface area contributed by atoms with Crippen LogP contribution in [-0.4, -0.2) is 21.0 Å². The first-order valence-electron chi connectivity index (χ1n) is 5.28. The van der Waals surface area contributed by atoms with E-state index in [1.54, 1.807) is 0 Å². The summed E-state index contributed by atoms with van der Waals surface area (Å²) in [6, 6.07) is 6.79. The molecule has 1 heterocycles. The van der Waals surface area contributed by atoms with Crippen LogP contribution >= 0.6 is 15.9 Å². The number of carboxylic acid groups (broad SMARTS) is 1. The number of aromatic nitrogens is 1. The fourth-order valence-electron chi connectivity index (χ4n) is 1.38. The zero-order chi connectivity index (χ0) is 14.7. The molecule has 0 aliphatic heterocycles. The normalized spacial score (nSPS) is 10.1. The summed E-state index contributed by atoms with van der Waals surface area (Å²) in [5.41, 5.74) is -0.228. The van der Waals surface area contributed by atoms with Crippen LogP contribution in [-0.2, 0) is 0 Å². The van der Waals surface area contributed by atoms with E-state index in [-0.39, 0.29) is 22.9 Å². The van der Waals surface area contributed by atoms with Crippen LogP contribution in [0.15, 0.2) is 41.0 Å². The summed E-state index contributed by atoms with van der Waals surface area (Å²) >= 11 is 3.21. The second-order valence-corrected chi connectivity index (χ2v) is 4.51. The molecule has 0 spiro atoms. The van der Waals surface area contributed by atoms with Gasteiger partial charge in [-0.05, 0) is 34.1 Å². The van der Waals surface area contributed by atoms with Crippen molar-refractivity contribution in [2.45, 2.75) is 0 Å². The van der Waals surface area contributed by atoms with Gasteiger partial charge in [0.2, 0.25) is 0 Å². The first kappa shape index (κ1) is 13.9. The second kappa shape index (κ2) is 5.66. The lowest BCUT2D eigenvalue weighted by Crippen LogP contribution is -1.99. The summed E-state index contributed by atoms with van der Waals surface area (Å²) < 4.78 is 5.96. The maximum Gasteiger partial charge on any atom is 0.354 e. The Morgan fingerprint density at radius 3 is 2.65 bits per heavy atom. The molecule has 1 aromatic heterocycles. The maximum atomic E-state index is 10.7. The van der Waals surface area contributed by atoms with Crippen LogP contribution in [0.5, 0.6) is 11.5 Å². The largest absolute Gasteiger partial charge is 0.477 e. The van der Waals surface area contributed by atoms with Crippen LogP contribution in [0.3, 0.4) is 0 Å². The van der Waals surface area contributed by atoms with Gasteiger partial charge >= 0.3 is 5.97 Å². The van der Waals surface area contributed by atoms with Crippen molar-refractivity contribution in [1.29, 1.82) is 0 Å². The van der Waals surface area contributed by atoms with Crippen LogP contribution in [0.4, 0.5) is 5.69 Å². The van der Waals surface area contributed by atoms with Crippen molar-refractivity contribution in [3.05, 3.63) is 56.8 Å². The molecule has 8 heteroatoms. The van der Waals surface area contributed by atoms with E-state index in [1.165, 1.54) is 36.5 Å². The Morgan fingerprint density at radius 2 is 2.10 bits per heavy atom. The number of nitrogens with zero attached hydrogens (tertiary/aromatic N) is 2. The third-order valence-corrected chi connectivity index (χ3v) is 2.96. The van der Waals surface area contributed by atoms with E-state index in [0.29, 0.717) is 4.47 Å². The molecule has 1 N–H and O–H groups in total. The van der Waals surface area contributed by atoms with Gasteiger partial charge in [-0.25, -0.2) is 9.78 Å². The summed E-state index contributed by atoms with van der Waals surface area (Å²) in [5.74, 6) is -0.631. The van der Waals surface area contributed by atoms with Crippen molar-refractivity contribution in [2.75, 3.05) is 0 Å². The highest BCUT2D eigenvalue weighted by Gasteiger charge is 2.12. The molecule has 2 aromatic rings. The highest BCUT2D eigenvalue weighted by Crippen LogP contribution is 2.32. The van der Waals surface area contributed by atoms with E-state index >= 15 is 0 Å². The van der Waals surface area contributed by atoms with Crippen molar-refractivity contribution in [1.82, 2.24) is 4.98 Å². The summed E-state index contributed by atoms with van der Waals surface area (Å²) in [7, 11) is 0. The molecule has 0 aliphatic carbocycles. The SMILES string of the molecule is O=C(O)c1ccc(Oc2cc([N+](=O)[O-])ccc2Br)cn1. The smallest absolute Gasteiger partial charge is 0.354 e. The van der Waals surface area contributed by atoms with Gasteiger partial charge in [0.1, 0.15) is 17.2 Å². The minimum absolute atomic E-state index is 0.113. The molecule has 0 atom stereocenters. The molecule has 102 valence electrons. The Hall–Kier alpha value is -2.48. The Labute approximate surface area is 121 Å². The van der Waals surface area contributed by atoms with Crippen LogP contribution in [0.1, 0.15) is 10.5 Å². The molecule has 20 heavy (non-hydrogen) atoms. The number of ether oxygens (including phenoxy) is 1. The van der Waals surface area contributed by atoms with Crippen LogP contribution in [0, 0.1) is 10.1 Å². The van der Waals surface area contributed by atoms with Crippen molar-refractivity contribution >= 4 is 27.6 Å². The minimum Gasteiger partial charge on any atom is -0.477 e. The fourth-order valence-corrected chi connectivity index (χ4v) is 1.71. The lowest BCUT2D eigenvalue weighted by atomic mass is 10.3. The zero-order valence-corrected chi connectivity index (χ0v) is 11.4. The van der Waals surface area contributed by atoms with E-state index < -0.39 is 10.9 Å². The number of rotatable bonds is 4. The van der Waals surface area contributed by atoms with Crippen LogP contribution in [0.2, 0.25) is 0 Å². The molecule has 0 saturated carbocycles. The number of hydrogen-bond acceptors (Lipinski definition) is 5. The number of carboxylic acids is 1. The Kier molecular flexibility index (Phi) is 3.94. The number of hydrogen-bond donors (Lipinski definition) is 1. The number of aromatic carboxylic acids is 1. The average molecular weight is 339 g/mol. The maximum absolute atomic E-state index is 10.7. The third-order valence-electron chi connectivity index (χ3n) is 2.31. The summed E-state index contributed by atoms with van der Waals surface area (Å²) in [5, 5.41) is 19.4. The number of carbonyl (C=O) groups is 1. The molecular formula is C12H7BrN2O5. The van der Waals surface area contributed by atoms with Gasteiger partial charge in [0, 0.05) is 6.07 Å². The zero-order valence-electron chi connectivity index (χ0n) is 9.82. The number of halogens is 1. The molecule has 0 radical (unpaired) electrons. The van der Waals surface area contributed by atoms with Crippen molar-refractivity contribution in [3.63, 3.8) is 0 Å². The summed E-state index contributed by atoms with van der Waals surface area (Å²) in [6.07, 6.45) is 1.23. The minimum atomic E-state index is -1.15.